The second-order valence-corrected chi connectivity index (χ2v) is 6.61. The zero-order valence-electron chi connectivity index (χ0n) is 17.4. The second-order valence-electron chi connectivity index (χ2n) is 6.23. The zero-order valence-corrected chi connectivity index (χ0v) is 18.1. The van der Waals surface area contributed by atoms with Gasteiger partial charge in [0.2, 0.25) is 5.24 Å². The highest BCUT2D eigenvalue weighted by atomic mass is 35.5. The number of rotatable bonds is 2. The Hall–Kier alpha value is -0.740. The van der Waals surface area contributed by atoms with E-state index in [4.69, 9.17) is 36.8 Å². The molecular formula is C17H35ClN2O10. The lowest BCUT2D eigenvalue weighted by Gasteiger charge is -2.39. The molecular weight excluding hydrogens is 428 g/mol. The van der Waals surface area contributed by atoms with Crippen LogP contribution in [0.4, 0.5) is 0 Å². The summed E-state index contributed by atoms with van der Waals surface area (Å²) in [6, 6.07) is 0. The van der Waals surface area contributed by atoms with Gasteiger partial charge in [0.15, 0.2) is 6.29 Å². The second kappa shape index (κ2) is 16.0. The van der Waals surface area contributed by atoms with Crippen molar-refractivity contribution >= 4 is 16.8 Å². The van der Waals surface area contributed by atoms with Gasteiger partial charge in [-0.25, -0.2) is 0 Å². The van der Waals surface area contributed by atoms with E-state index in [0.717, 1.165) is 6.08 Å². The van der Waals surface area contributed by atoms with Crippen LogP contribution < -0.4 is 11.1 Å². The first-order valence-corrected chi connectivity index (χ1v) is 9.41. The molecule has 2 rings (SSSR count). The lowest BCUT2D eigenvalue weighted by molar-refractivity contribution is -0.277. The Kier molecular flexibility index (Phi) is 16.7. The maximum atomic E-state index is 9.46. The van der Waals surface area contributed by atoms with E-state index in [1.807, 2.05) is 0 Å². The van der Waals surface area contributed by atoms with E-state index in [9.17, 15) is 20.1 Å². The molecule has 0 saturated carbocycles. The summed E-state index contributed by atoms with van der Waals surface area (Å²) in [4.78, 5) is 9.46. The number of carbonyl (C=O) groups excluding carboxylic acids is 1. The Morgan fingerprint density at radius 1 is 0.867 bits per heavy atom. The molecule has 30 heavy (non-hydrogen) atoms. The van der Waals surface area contributed by atoms with Gasteiger partial charge in [0.1, 0.15) is 42.9 Å². The largest absolute Gasteiger partial charge is 0.388 e. The van der Waals surface area contributed by atoms with Gasteiger partial charge in [-0.05, 0) is 45.6 Å². The lowest BCUT2D eigenvalue weighted by Crippen LogP contribution is -2.60. The molecule has 2 fully saturated rings. The molecule has 0 aliphatic carbocycles. The van der Waals surface area contributed by atoms with Gasteiger partial charge in [-0.1, -0.05) is 6.58 Å². The van der Waals surface area contributed by atoms with Crippen LogP contribution in [0.25, 0.3) is 0 Å². The van der Waals surface area contributed by atoms with Crippen LogP contribution in [-0.4, -0.2) is 116 Å². The highest BCUT2D eigenvalue weighted by Crippen LogP contribution is 2.19. The number of aliphatic hydroxyl groups is 7. The van der Waals surface area contributed by atoms with Crippen molar-refractivity contribution in [3.63, 3.8) is 0 Å². The van der Waals surface area contributed by atoms with Crippen LogP contribution >= 0.6 is 11.6 Å². The smallest absolute Gasteiger partial charge is 0.244 e. The Labute approximate surface area is 180 Å². The fraction of sp³-hybridized carbons (Fsp3) is 0.824. The first-order valence-electron chi connectivity index (χ1n) is 9.03. The van der Waals surface area contributed by atoms with Gasteiger partial charge in [0, 0.05) is 0 Å². The molecule has 10 unspecified atom stereocenters. The number of nitrogens with two attached hydrogens (primary N) is 1. The molecule has 2 aliphatic heterocycles. The van der Waals surface area contributed by atoms with Crippen LogP contribution in [0.5, 0.6) is 0 Å². The van der Waals surface area contributed by atoms with E-state index >= 15 is 0 Å². The number of carbonyl (C=O) groups is 1. The molecule has 0 aromatic carbocycles. The Balaban J connectivity index is 0. The number of hydrogen-bond donors (Lipinski definition) is 9. The van der Waals surface area contributed by atoms with Crippen LogP contribution in [0.2, 0.25) is 0 Å². The minimum Gasteiger partial charge on any atom is -0.388 e. The lowest BCUT2D eigenvalue weighted by atomic mass is 9.99. The highest BCUT2D eigenvalue weighted by molar-refractivity contribution is 6.66. The molecule has 10 N–H and O–H groups in total. The van der Waals surface area contributed by atoms with Gasteiger partial charge in [-0.3, -0.25) is 10.1 Å². The maximum Gasteiger partial charge on any atom is 0.244 e. The zero-order chi connectivity index (χ0) is 24.2. The first kappa shape index (κ1) is 31.4. The normalized spacial score (nSPS) is 40.3. The fourth-order valence-electron chi connectivity index (χ4n) is 2.32. The fourth-order valence-corrected chi connectivity index (χ4v) is 2.32. The number of allylic oxidation sites excluding steroid dienone is 1. The highest BCUT2D eigenvalue weighted by Gasteiger charge is 2.41. The van der Waals surface area contributed by atoms with Crippen LogP contribution in [0, 0.1) is 0 Å². The Morgan fingerprint density at radius 3 is 1.60 bits per heavy atom. The topological polar surface area (TPSA) is 215 Å². The van der Waals surface area contributed by atoms with Crippen molar-refractivity contribution in [2.24, 2.45) is 5.73 Å². The predicted octanol–water partition coefficient (Wildman–Crippen LogP) is -3.65. The number of ether oxygens (including phenoxy) is 2. The number of likely N-dealkylation sites (N-methyl/N-ethyl adjacent to an activating group) is 1. The summed E-state index contributed by atoms with van der Waals surface area (Å²) < 4.78 is 9.84. The van der Waals surface area contributed by atoms with Gasteiger partial charge < -0.3 is 51.0 Å². The van der Waals surface area contributed by atoms with E-state index in [1.54, 1.807) is 14.0 Å². The van der Waals surface area contributed by atoms with Crippen molar-refractivity contribution in [1.82, 2.24) is 5.32 Å². The SMILES string of the molecule is C=CC(=O)Cl.CC1OC(O)C(O)C(O)C1O.CN.CNC1OC(C)C(O)C(O)C1O. The van der Waals surface area contributed by atoms with Gasteiger partial charge in [0.05, 0.1) is 12.2 Å². The van der Waals surface area contributed by atoms with E-state index in [0.29, 0.717) is 0 Å². The van der Waals surface area contributed by atoms with Gasteiger partial charge >= 0.3 is 0 Å². The van der Waals surface area contributed by atoms with E-state index in [1.165, 1.54) is 14.0 Å². The minimum absolute atomic E-state index is 0.471. The van der Waals surface area contributed by atoms with Crippen LogP contribution in [-0.2, 0) is 14.3 Å². The standard InChI is InChI=1S/C7H15NO4.C6H12O5.C3H3ClO.CH5N/c1-3-4(9)5(10)6(11)7(8-2)12-3;1-2-3(7)4(8)5(9)6(10)11-2;1-2-3(4)5;1-2/h3-11H,1-2H3;2-10H,1H3;2H,1H2;2H2,1H3. The third-order valence-electron chi connectivity index (χ3n) is 4.12. The molecule has 10 atom stereocenters. The number of hydrogen-bond acceptors (Lipinski definition) is 12. The van der Waals surface area contributed by atoms with Crippen molar-refractivity contribution in [2.45, 2.75) is 75.2 Å². The average molecular weight is 463 g/mol. The predicted molar refractivity (Wildman–Crippen MR) is 107 cm³/mol. The molecule has 0 radical (unpaired) electrons. The summed E-state index contributed by atoms with van der Waals surface area (Å²) in [6.07, 6.45) is -9.28. The summed E-state index contributed by atoms with van der Waals surface area (Å²) in [5, 5.41) is 66.1. The summed E-state index contributed by atoms with van der Waals surface area (Å²) in [5.74, 6) is 0. The first-order chi connectivity index (χ1) is 13.9. The van der Waals surface area contributed by atoms with Crippen molar-refractivity contribution < 1.29 is 50.0 Å². The van der Waals surface area contributed by atoms with E-state index in [-0.39, 0.29) is 0 Å². The third-order valence-corrected chi connectivity index (χ3v) is 4.28. The molecule has 12 nitrogen and oxygen atoms in total. The molecule has 0 aromatic rings. The van der Waals surface area contributed by atoms with Crippen LogP contribution in [0.3, 0.4) is 0 Å². The quantitative estimate of drug-likeness (QED) is 0.143. The van der Waals surface area contributed by atoms with E-state index < -0.39 is 66.6 Å². The van der Waals surface area contributed by atoms with Crippen molar-refractivity contribution in [1.29, 1.82) is 0 Å². The van der Waals surface area contributed by atoms with Crippen LogP contribution in [0.15, 0.2) is 12.7 Å². The monoisotopic (exact) mass is 462 g/mol. The molecule has 13 heteroatoms. The van der Waals surface area contributed by atoms with Crippen molar-refractivity contribution in [3.05, 3.63) is 12.7 Å². The minimum atomic E-state index is -1.43. The number of halogens is 1. The van der Waals surface area contributed by atoms with Crippen molar-refractivity contribution in [2.75, 3.05) is 14.1 Å². The van der Waals surface area contributed by atoms with Gasteiger partial charge in [-0.15, -0.1) is 0 Å². The number of aliphatic hydroxyl groups excluding tert-OH is 7. The summed E-state index contributed by atoms with van der Waals surface area (Å²) in [6.45, 7) is 6.22. The van der Waals surface area contributed by atoms with E-state index in [2.05, 4.69) is 22.4 Å². The Morgan fingerprint density at radius 2 is 1.23 bits per heavy atom. The van der Waals surface area contributed by atoms with Crippen molar-refractivity contribution in [3.8, 4) is 0 Å². The molecule has 0 spiro atoms. The molecule has 2 aliphatic rings. The van der Waals surface area contributed by atoms with Crippen LogP contribution in [0.1, 0.15) is 13.8 Å². The maximum absolute atomic E-state index is 9.46. The summed E-state index contributed by atoms with van der Waals surface area (Å²) in [7, 11) is 3.12. The molecule has 2 heterocycles. The summed E-state index contributed by atoms with van der Waals surface area (Å²) >= 11 is 4.71. The van der Waals surface area contributed by atoms with Gasteiger partial charge in [-0.2, -0.15) is 0 Å². The summed E-state index contributed by atoms with van der Waals surface area (Å²) in [5.41, 5.74) is 4.50. The molecule has 0 amide bonds. The molecule has 0 bridgehead atoms. The Bertz CT molecular complexity index is 471. The molecule has 180 valence electrons. The molecule has 2 saturated heterocycles. The average Bonchev–Trinajstić information content (AvgIpc) is 2.74. The molecule has 0 aromatic heterocycles. The van der Waals surface area contributed by atoms with Gasteiger partial charge in [0.25, 0.3) is 0 Å². The number of nitrogens with one attached hydrogen (secondary N) is 1. The third kappa shape index (κ3) is 10.0.